The van der Waals surface area contributed by atoms with Crippen molar-refractivity contribution in [3.8, 4) is 11.8 Å². The summed E-state index contributed by atoms with van der Waals surface area (Å²) in [5.41, 5.74) is 8.39. The Hall–Kier alpha value is -3.64. The maximum absolute atomic E-state index is 13.1. The first-order chi connectivity index (χ1) is 15.2. The van der Waals surface area contributed by atoms with Crippen molar-refractivity contribution < 1.29 is 14.3 Å². The van der Waals surface area contributed by atoms with Crippen molar-refractivity contribution in [3.05, 3.63) is 48.2 Å². The standard InChI is InChI=1S/C22H24N6O3/c23-3-2-15-10-16-11-18(27-22(29)17(13-24)21-25-4-1-5-26-21)19(12-20(16)31-14-15)28-6-8-30-9-7-28/h1,4-5,11-13,15H,2,6-10,14,24H2,(H,27,29). The molecule has 1 atom stereocenters. The second-order valence-corrected chi connectivity index (χ2v) is 7.43. The molecule has 9 heteroatoms. The molecule has 2 aromatic rings. The van der Waals surface area contributed by atoms with Crippen LogP contribution in [0, 0.1) is 17.2 Å². The predicted octanol–water partition coefficient (Wildman–Crippen LogP) is 1.72. The van der Waals surface area contributed by atoms with Gasteiger partial charge in [-0.25, -0.2) is 9.97 Å². The molecule has 0 saturated carbocycles. The first kappa shape index (κ1) is 20.6. The Labute approximate surface area is 180 Å². The molecule has 31 heavy (non-hydrogen) atoms. The summed E-state index contributed by atoms with van der Waals surface area (Å²) in [5, 5.41) is 12.0. The fourth-order valence-corrected chi connectivity index (χ4v) is 3.79. The van der Waals surface area contributed by atoms with Crippen LogP contribution in [0.25, 0.3) is 5.57 Å². The van der Waals surface area contributed by atoms with Crippen molar-refractivity contribution in [2.45, 2.75) is 12.8 Å². The van der Waals surface area contributed by atoms with Crippen LogP contribution < -0.4 is 20.7 Å². The molecule has 9 nitrogen and oxygen atoms in total. The highest BCUT2D eigenvalue weighted by atomic mass is 16.5. The minimum atomic E-state index is -0.395. The van der Waals surface area contributed by atoms with Gasteiger partial charge in [0, 0.05) is 50.1 Å². The third-order valence-electron chi connectivity index (χ3n) is 5.36. The van der Waals surface area contributed by atoms with Gasteiger partial charge in [0.15, 0.2) is 5.82 Å². The van der Waals surface area contributed by atoms with Crippen LogP contribution >= 0.6 is 0 Å². The Morgan fingerprint density at radius 1 is 1.32 bits per heavy atom. The van der Waals surface area contributed by atoms with Crippen molar-refractivity contribution in [1.29, 1.82) is 5.26 Å². The quantitative estimate of drug-likeness (QED) is 0.700. The zero-order chi connectivity index (χ0) is 21.6. The number of carbonyl (C=O) groups excluding carboxylic acids is 1. The molecule has 3 heterocycles. The van der Waals surface area contributed by atoms with Crippen LogP contribution in [-0.4, -0.2) is 48.8 Å². The average molecular weight is 420 g/mol. The van der Waals surface area contributed by atoms with E-state index in [1.807, 2.05) is 12.1 Å². The highest BCUT2D eigenvalue weighted by molar-refractivity contribution is 6.24. The smallest absolute Gasteiger partial charge is 0.261 e. The van der Waals surface area contributed by atoms with E-state index in [1.165, 1.54) is 6.20 Å². The van der Waals surface area contributed by atoms with Gasteiger partial charge in [-0.1, -0.05) is 0 Å². The highest BCUT2D eigenvalue weighted by Crippen LogP contribution is 2.38. The number of rotatable bonds is 5. The third-order valence-corrected chi connectivity index (χ3v) is 5.36. The van der Waals surface area contributed by atoms with E-state index in [4.69, 9.17) is 20.5 Å². The van der Waals surface area contributed by atoms with E-state index in [2.05, 4.69) is 26.3 Å². The van der Waals surface area contributed by atoms with Crippen molar-refractivity contribution >= 4 is 22.9 Å². The molecule has 160 valence electrons. The number of nitrogens with zero attached hydrogens (tertiary/aromatic N) is 4. The van der Waals surface area contributed by atoms with E-state index in [1.54, 1.807) is 18.5 Å². The highest BCUT2D eigenvalue weighted by Gasteiger charge is 2.25. The van der Waals surface area contributed by atoms with Gasteiger partial charge in [0.25, 0.3) is 5.91 Å². The number of benzene rings is 1. The van der Waals surface area contributed by atoms with E-state index in [0.717, 1.165) is 23.4 Å². The van der Waals surface area contributed by atoms with Gasteiger partial charge in [0.1, 0.15) is 5.75 Å². The van der Waals surface area contributed by atoms with Gasteiger partial charge < -0.3 is 25.4 Å². The lowest BCUT2D eigenvalue weighted by atomic mass is 9.93. The van der Waals surface area contributed by atoms with Gasteiger partial charge in [-0.3, -0.25) is 4.79 Å². The number of morpholine rings is 1. The Bertz CT molecular complexity index is 1010. The van der Waals surface area contributed by atoms with Crippen molar-refractivity contribution in [2.75, 3.05) is 43.1 Å². The van der Waals surface area contributed by atoms with Gasteiger partial charge in [-0.15, -0.1) is 0 Å². The molecule has 3 N–H and O–H groups in total. The molecule has 1 unspecified atom stereocenters. The molecular weight excluding hydrogens is 396 g/mol. The number of nitriles is 1. The maximum atomic E-state index is 13.1. The van der Waals surface area contributed by atoms with Gasteiger partial charge in [0.05, 0.1) is 42.8 Å². The second-order valence-electron chi connectivity index (χ2n) is 7.43. The zero-order valence-corrected chi connectivity index (χ0v) is 17.1. The number of fused-ring (bicyclic) bond motifs is 1. The van der Waals surface area contributed by atoms with Crippen molar-refractivity contribution in [2.24, 2.45) is 11.7 Å². The monoisotopic (exact) mass is 420 g/mol. The van der Waals surface area contributed by atoms with Gasteiger partial charge in [-0.2, -0.15) is 5.26 Å². The number of anilines is 2. The summed E-state index contributed by atoms with van der Waals surface area (Å²) >= 11 is 0. The molecule has 2 aliphatic heterocycles. The summed E-state index contributed by atoms with van der Waals surface area (Å²) in [6.45, 7) is 3.16. The van der Waals surface area contributed by atoms with Crippen LogP contribution in [0.2, 0.25) is 0 Å². The largest absolute Gasteiger partial charge is 0.493 e. The zero-order valence-electron chi connectivity index (χ0n) is 17.1. The molecule has 0 aliphatic carbocycles. The molecule has 1 fully saturated rings. The lowest BCUT2D eigenvalue weighted by molar-refractivity contribution is -0.111. The molecule has 1 amide bonds. The molecule has 1 aromatic carbocycles. The fourth-order valence-electron chi connectivity index (χ4n) is 3.79. The van der Waals surface area contributed by atoms with E-state index in [-0.39, 0.29) is 17.3 Å². The van der Waals surface area contributed by atoms with Crippen LogP contribution in [0.3, 0.4) is 0 Å². The number of ether oxygens (including phenoxy) is 2. The Kier molecular flexibility index (Phi) is 6.29. The third kappa shape index (κ3) is 4.59. The molecule has 2 aliphatic rings. The molecule has 1 aromatic heterocycles. The summed E-state index contributed by atoms with van der Waals surface area (Å²) in [7, 11) is 0. The number of nitrogens with two attached hydrogens (primary N) is 1. The van der Waals surface area contributed by atoms with Crippen LogP contribution in [0.1, 0.15) is 17.8 Å². The first-order valence-corrected chi connectivity index (χ1v) is 10.2. The molecule has 1 saturated heterocycles. The van der Waals surface area contributed by atoms with Gasteiger partial charge in [0.2, 0.25) is 0 Å². The van der Waals surface area contributed by atoms with Crippen LogP contribution in [0.15, 0.2) is 36.8 Å². The minimum absolute atomic E-state index is 0.132. The van der Waals surface area contributed by atoms with Crippen LogP contribution in [-0.2, 0) is 16.0 Å². The van der Waals surface area contributed by atoms with Crippen molar-refractivity contribution in [3.63, 3.8) is 0 Å². The lowest BCUT2D eigenvalue weighted by Gasteiger charge is -2.33. The Morgan fingerprint density at radius 3 is 2.81 bits per heavy atom. The lowest BCUT2D eigenvalue weighted by Crippen LogP contribution is -2.37. The van der Waals surface area contributed by atoms with E-state index < -0.39 is 5.91 Å². The van der Waals surface area contributed by atoms with Crippen LogP contribution in [0.5, 0.6) is 5.75 Å². The number of aromatic nitrogens is 2. The summed E-state index contributed by atoms with van der Waals surface area (Å²) < 4.78 is 11.4. The first-order valence-electron chi connectivity index (χ1n) is 10.2. The van der Waals surface area contributed by atoms with Crippen molar-refractivity contribution in [1.82, 2.24) is 9.97 Å². The number of hydrogen-bond donors (Lipinski definition) is 2. The Morgan fingerprint density at radius 2 is 2.10 bits per heavy atom. The molecule has 0 radical (unpaired) electrons. The summed E-state index contributed by atoms with van der Waals surface area (Å²) in [6.07, 6.45) is 5.48. The summed E-state index contributed by atoms with van der Waals surface area (Å²) in [6, 6.07) is 7.78. The SMILES string of the molecule is N#CCC1COc2cc(N3CCOCC3)c(NC(=O)C(=CN)c3ncccn3)cc2C1. The predicted molar refractivity (Wildman–Crippen MR) is 115 cm³/mol. The van der Waals surface area contributed by atoms with E-state index in [9.17, 15) is 4.79 Å². The number of hydrogen-bond acceptors (Lipinski definition) is 8. The van der Waals surface area contributed by atoms with Gasteiger partial charge >= 0.3 is 0 Å². The number of nitrogens with one attached hydrogen (secondary N) is 1. The second kappa shape index (κ2) is 9.45. The fraction of sp³-hybridized carbons (Fsp3) is 0.364. The van der Waals surface area contributed by atoms with Crippen LogP contribution in [0.4, 0.5) is 11.4 Å². The van der Waals surface area contributed by atoms with Gasteiger partial charge in [-0.05, 0) is 24.1 Å². The molecule has 0 bridgehead atoms. The van der Waals surface area contributed by atoms with E-state index in [0.29, 0.717) is 45.0 Å². The number of carbonyl (C=O) groups is 1. The number of amides is 1. The van der Waals surface area contributed by atoms with E-state index >= 15 is 0 Å². The normalized spacial score (nSPS) is 18.5. The summed E-state index contributed by atoms with van der Waals surface area (Å²) in [5.74, 6) is 0.779. The topological polar surface area (TPSA) is 126 Å². The summed E-state index contributed by atoms with van der Waals surface area (Å²) in [4.78, 5) is 23.5. The Balaban J connectivity index is 1.66. The molecule has 4 rings (SSSR count). The maximum Gasteiger partial charge on any atom is 0.261 e. The average Bonchev–Trinajstić information content (AvgIpc) is 2.80. The minimum Gasteiger partial charge on any atom is -0.493 e. The molecular formula is C22H24N6O3. The molecule has 0 spiro atoms.